The fraction of sp³-hybridized carbons (Fsp3) is 0.556. The molecule has 2 aliphatic rings. The smallest absolute Gasteiger partial charge is 0.414 e. The van der Waals surface area contributed by atoms with Crippen LogP contribution in [0.3, 0.4) is 0 Å². The lowest BCUT2D eigenvalue weighted by atomic mass is 9.95. The summed E-state index contributed by atoms with van der Waals surface area (Å²) in [6.45, 7) is 2.76. The molecule has 27 heavy (non-hydrogen) atoms. The highest BCUT2D eigenvalue weighted by atomic mass is 127. The molecule has 0 aromatic heterocycles. The minimum absolute atomic E-state index is 0.207. The summed E-state index contributed by atoms with van der Waals surface area (Å²) in [5.74, 6) is -0.660. The van der Waals surface area contributed by atoms with E-state index in [9.17, 15) is 18.4 Å². The molecule has 3 rings (SSSR count). The molecular formula is C18H22F2IN3O3. The van der Waals surface area contributed by atoms with Crippen molar-refractivity contribution >= 4 is 46.0 Å². The van der Waals surface area contributed by atoms with Gasteiger partial charge in [0.05, 0.1) is 24.5 Å². The number of carbonyl (C=O) groups is 2. The van der Waals surface area contributed by atoms with Crippen LogP contribution in [0, 0.1) is 5.82 Å². The lowest BCUT2D eigenvalue weighted by molar-refractivity contribution is -0.119. The van der Waals surface area contributed by atoms with Crippen LogP contribution in [-0.4, -0.2) is 54.4 Å². The molecule has 0 radical (unpaired) electrons. The lowest BCUT2D eigenvalue weighted by Crippen LogP contribution is -2.43. The number of piperidine rings is 1. The maximum Gasteiger partial charge on any atom is 0.414 e. The number of ether oxygens (including phenoxy) is 1. The molecule has 2 fully saturated rings. The Bertz CT molecular complexity index is 726. The summed E-state index contributed by atoms with van der Waals surface area (Å²) >= 11 is 2.05. The first-order chi connectivity index (χ1) is 12.8. The Hall–Kier alpha value is -1.65. The number of hydrogen-bond acceptors (Lipinski definition) is 4. The van der Waals surface area contributed by atoms with Gasteiger partial charge in [-0.05, 0) is 31.0 Å². The topological polar surface area (TPSA) is 61.9 Å². The number of carbonyl (C=O) groups excluding carboxylic acids is 2. The van der Waals surface area contributed by atoms with E-state index in [1.54, 1.807) is 12.1 Å². The quantitative estimate of drug-likeness (QED) is 0.506. The van der Waals surface area contributed by atoms with E-state index in [0.717, 1.165) is 0 Å². The van der Waals surface area contributed by atoms with Gasteiger partial charge in [0.15, 0.2) is 0 Å². The zero-order valence-corrected chi connectivity index (χ0v) is 17.2. The molecule has 1 aromatic carbocycles. The highest BCUT2D eigenvalue weighted by Crippen LogP contribution is 2.33. The Morgan fingerprint density at radius 1 is 1.41 bits per heavy atom. The summed E-state index contributed by atoms with van der Waals surface area (Å²) < 4.78 is 34.6. The maximum absolute atomic E-state index is 14.7. The van der Waals surface area contributed by atoms with Gasteiger partial charge in [-0.25, -0.2) is 13.6 Å². The standard InChI is InChI=1S/C18H22F2IN3O3/c1-12(25)22-9-14-10-24(17(26)27-14)13-2-3-16(15(19)8-13)23-6-4-18(20,11-21)5-7-23/h2-3,8,14H,4-7,9-11H2,1H3,(H,22,25). The minimum atomic E-state index is -1.17. The molecule has 1 unspecified atom stereocenters. The molecular weight excluding hydrogens is 471 g/mol. The van der Waals surface area contributed by atoms with Crippen molar-refractivity contribution < 1.29 is 23.1 Å². The normalized spacial score (nSPS) is 21.9. The number of hydrogen-bond donors (Lipinski definition) is 1. The first-order valence-electron chi connectivity index (χ1n) is 8.83. The summed E-state index contributed by atoms with van der Waals surface area (Å²) in [6, 6.07) is 4.58. The fourth-order valence-corrected chi connectivity index (χ4v) is 4.06. The van der Waals surface area contributed by atoms with Crippen molar-refractivity contribution in [3.05, 3.63) is 24.0 Å². The van der Waals surface area contributed by atoms with Crippen LogP contribution in [0.2, 0.25) is 0 Å². The number of nitrogens with one attached hydrogen (secondary N) is 1. The number of alkyl halides is 2. The Morgan fingerprint density at radius 3 is 2.70 bits per heavy atom. The molecule has 6 nitrogen and oxygen atoms in total. The van der Waals surface area contributed by atoms with Gasteiger partial charge in [0, 0.05) is 24.4 Å². The average molecular weight is 493 g/mol. The number of rotatable bonds is 5. The van der Waals surface area contributed by atoms with Crippen LogP contribution in [0.5, 0.6) is 0 Å². The summed E-state index contributed by atoms with van der Waals surface area (Å²) in [5, 5.41) is 2.60. The van der Waals surface area contributed by atoms with Gasteiger partial charge in [0.25, 0.3) is 0 Å². The van der Waals surface area contributed by atoms with E-state index in [4.69, 9.17) is 4.74 Å². The van der Waals surface area contributed by atoms with Gasteiger partial charge in [-0.3, -0.25) is 9.69 Å². The van der Waals surface area contributed by atoms with E-state index in [2.05, 4.69) is 27.9 Å². The predicted octanol–water partition coefficient (Wildman–Crippen LogP) is 3.03. The summed E-state index contributed by atoms with van der Waals surface area (Å²) in [4.78, 5) is 26.2. The number of benzene rings is 1. The van der Waals surface area contributed by atoms with E-state index < -0.39 is 23.7 Å². The van der Waals surface area contributed by atoms with E-state index in [1.807, 2.05) is 4.90 Å². The Morgan fingerprint density at radius 2 is 2.11 bits per heavy atom. The SMILES string of the molecule is CC(=O)NCC1CN(c2ccc(N3CCC(F)(CI)CC3)c(F)c2)C(=O)O1. The molecule has 1 N–H and O–H groups in total. The van der Waals surface area contributed by atoms with Crippen LogP contribution in [0.15, 0.2) is 18.2 Å². The molecule has 2 heterocycles. The summed E-state index contributed by atoms with van der Waals surface area (Å²) in [6.07, 6.45) is -0.294. The lowest BCUT2D eigenvalue weighted by Gasteiger charge is -2.37. The van der Waals surface area contributed by atoms with Crippen molar-refractivity contribution in [2.24, 2.45) is 0 Å². The average Bonchev–Trinajstić information content (AvgIpc) is 3.02. The van der Waals surface area contributed by atoms with Crippen molar-refractivity contribution in [2.45, 2.75) is 31.5 Å². The summed E-state index contributed by atoms with van der Waals surface area (Å²) in [5.41, 5.74) is -0.359. The van der Waals surface area contributed by atoms with Crippen LogP contribution >= 0.6 is 22.6 Å². The van der Waals surface area contributed by atoms with Crippen LogP contribution < -0.4 is 15.1 Å². The molecule has 0 bridgehead atoms. The van der Waals surface area contributed by atoms with Crippen LogP contribution in [0.1, 0.15) is 19.8 Å². The van der Waals surface area contributed by atoms with Gasteiger partial charge in [-0.2, -0.15) is 0 Å². The summed E-state index contributed by atoms with van der Waals surface area (Å²) in [7, 11) is 0. The molecule has 2 aliphatic heterocycles. The van der Waals surface area contributed by atoms with Crippen LogP contribution in [0.25, 0.3) is 0 Å². The molecule has 0 aliphatic carbocycles. The molecule has 0 saturated carbocycles. The van der Waals surface area contributed by atoms with Crippen molar-refractivity contribution in [3.63, 3.8) is 0 Å². The number of nitrogens with zero attached hydrogens (tertiary/aromatic N) is 2. The third-order valence-corrected chi connectivity index (χ3v) is 6.30. The molecule has 2 saturated heterocycles. The second kappa shape index (κ2) is 8.15. The maximum atomic E-state index is 14.7. The Labute approximate surface area is 170 Å². The Kier molecular flexibility index (Phi) is 6.07. The fourth-order valence-electron chi connectivity index (χ4n) is 3.30. The number of amides is 2. The molecule has 0 spiro atoms. The van der Waals surface area contributed by atoms with Gasteiger partial charge in [-0.1, -0.05) is 22.6 Å². The first-order valence-corrected chi connectivity index (χ1v) is 10.4. The zero-order chi connectivity index (χ0) is 19.6. The van der Waals surface area contributed by atoms with Gasteiger partial charge in [0.1, 0.15) is 17.6 Å². The Balaban J connectivity index is 1.67. The van der Waals surface area contributed by atoms with E-state index in [1.165, 1.54) is 17.9 Å². The minimum Gasteiger partial charge on any atom is -0.442 e. The molecule has 2 amide bonds. The van der Waals surface area contributed by atoms with E-state index in [0.29, 0.717) is 41.7 Å². The second-order valence-electron chi connectivity index (χ2n) is 6.96. The van der Waals surface area contributed by atoms with E-state index in [-0.39, 0.29) is 19.0 Å². The predicted molar refractivity (Wildman–Crippen MR) is 107 cm³/mol. The van der Waals surface area contributed by atoms with Gasteiger partial charge < -0.3 is 15.0 Å². The monoisotopic (exact) mass is 493 g/mol. The highest BCUT2D eigenvalue weighted by molar-refractivity contribution is 14.1. The van der Waals surface area contributed by atoms with Crippen molar-refractivity contribution in [2.75, 3.05) is 40.4 Å². The largest absolute Gasteiger partial charge is 0.442 e. The zero-order valence-electron chi connectivity index (χ0n) is 15.0. The second-order valence-corrected chi connectivity index (χ2v) is 7.72. The third-order valence-electron chi connectivity index (χ3n) is 4.94. The number of cyclic esters (lactones) is 1. The molecule has 148 valence electrons. The van der Waals surface area contributed by atoms with Gasteiger partial charge in [0.2, 0.25) is 5.91 Å². The molecule has 1 atom stereocenters. The first kappa shape index (κ1) is 20.1. The number of halogens is 3. The van der Waals surface area contributed by atoms with Crippen molar-refractivity contribution in [3.8, 4) is 0 Å². The molecule has 9 heteroatoms. The van der Waals surface area contributed by atoms with E-state index >= 15 is 0 Å². The third kappa shape index (κ3) is 4.61. The van der Waals surface area contributed by atoms with Crippen LogP contribution in [-0.2, 0) is 9.53 Å². The highest BCUT2D eigenvalue weighted by Gasteiger charge is 2.35. The van der Waals surface area contributed by atoms with Crippen LogP contribution in [0.4, 0.5) is 25.0 Å². The van der Waals surface area contributed by atoms with Crippen molar-refractivity contribution in [1.82, 2.24) is 5.32 Å². The van der Waals surface area contributed by atoms with Crippen molar-refractivity contribution in [1.29, 1.82) is 0 Å². The van der Waals surface area contributed by atoms with Gasteiger partial charge in [-0.15, -0.1) is 0 Å². The number of anilines is 2. The van der Waals surface area contributed by atoms with Gasteiger partial charge >= 0.3 is 6.09 Å². The molecule has 1 aromatic rings.